The van der Waals surface area contributed by atoms with Gasteiger partial charge >= 0.3 is 0 Å². The first-order valence-electron chi connectivity index (χ1n) is 6.01. The third-order valence-corrected chi connectivity index (χ3v) is 2.99. The number of pyridine rings is 1. The number of hydrogen-bond acceptors (Lipinski definition) is 4. The Morgan fingerprint density at radius 1 is 1.47 bits per heavy atom. The maximum atomic E-state index is 9.41. The van der Waals surface area contributed by atoms with Crippen molar-refractivity contribution in [2.75, 3.05) is 24.6 Å². The molecule has 1 unspecified atom stereocenters. The van der Waals surface area contributed by atoms with Gasteiger partial charge in [-0.25, -0.2) is 0 Å². The number of hydrogen-bond donors (Lipinski definition) is 1. The summed E-state index contributed by atoms with van der Waals surface area (Å²) in [5, 5.41) is 9.41. The molecule has 17 heavy (non-hydrogen) atoms. The third-order valence-electron chi connectivity index (χ3n) is 2.99. The highest BCUT2D eigenvalue weighted by Crippen LogP contribution is 2.23. The first-order valence-corrected chi connectivity index (χ1v) is 6.01. The van der Waals surface area contributed by atoms with E-state index in [1.807, 2.05) is 18.3 Å². The van der Waals surface area contributed by atoms with Crippen LogP contribution in [0.15, 0.2) is 18.3 Å². The maximum Gasteiger partial charge on any atom is 0.0931 e. The van der Waals surface area contributed by atoms with E-state index < -0.39 is 6.10 Å². The molecule has 0 aromatic carbocycles. The van der Waals surface area contributed by atoms with Crippen molar-refractivity contribution in [3.05, 3.63) is 24.0 Å². The van der Waals surface area contributed by atoms with E-state index in [-0.39, 0.29) is 5.60 Å². The lowest BCUT2D eigenvalue weighted by molar-refractivity contribution is -0.0277. The van der Waals surface area contributed by atoms with Gasteiger partial charge in [0, 0.05) is 13.1 Å². The fourth-order valence-corrected chi connectivity index (χ4v) is 2.07. The van der Waals surface area contributed by atoms with Crippen LogP contribution in [0.2, 0.25) is 0 Å². The van der Waals surface area contributed by atoms with E-state index in [4.69, 9.17) is 4.74 Å². The summed E-state index contributed by atoms with van der Waals surface area (Å²) in [6.45, 7) is 8.40. The van der Waals surface area contributed by atoms with Crippen molar-refractivity contribution in [1.82, 2.24) is 4.98 Å². The molecule has 1 aliphatic rings. The Balaban J connectivity index is 2.12. The van der Waals surface area contributed by atoms with Crippen LogP contribution < -0.4 is 4.90 Å². The van der Waals surface area contributed by atoms with E-state index in [0.29, 0.717) is 5.69 Å². The molecule has 1 N–H and O–H groups in total. The smallest absolute Gasteiger partial charge is 0.0931 e. The maximum absolute atomic E-state index is 9.41. The quantitative estimate of drug-likeness (QED) is 0.849. The van der Waals surface area contributed by atoms with Gasteiger partial charge in [-0.1, -0.05) is 0 Å². The van der Waals surface area contributed by atoms with E-state index >= 15 is 0 Å². The second-order valence-corrected chi connectivity index (χ2v) is 5.15. The second kappa shape index (κ2) is 4.63. The Kier molecular flexibility index (Phi) is 3.35. The summed E-state index contributed by atoms with van der Waals surface area (Å²) in [6.07, 6.45) is 1.31. The van der Waals surface area contributed by atoms with Crippen molar-refractivity contribution in [2.45, 2.75) is 32.5 Å². The van der Waals surface area contributed by atoms with Gasteiger partial charge in [0.25, 0.3) is 0 Å². The van der Waals surface area contributed by atoms with Crippen LogP contribution in [0.3, 0.4) is 0 Å². The van der Waals surface area contributed by atoms with Crippen molar-refractivity contribution in [3.8, 4) is 0 Å². The molecular formula is C13H20N2O2. The number of aliphatic hydroxyl groups excluding tert-OH is 1. The summed E-state index contributed by atoms with van der Waals surface area (Å²) < 4.78 is 5.68. The topological polar surface area (TPSA) is 45.6 Å². The van der Waals surface area contributed by atoms with Gasteiger partial charge in [-0.2, -0.15) is 0 Å². The summed E-state index contributed by atoms with van der Waals surface area (Å²) in [5.74, 6) is 0. The Labute approximate surface area is 102 Å². The van der Waals surface area contributed by atoms with Gasteiger partial charge in [0.05, 0.1) is 35.9 Å². The molecule has 0 amide bonds. The SMILES string of the molecule is CC(O)c1ccc(N2CCOC(C)(C)C2)cn1. The Morgan fingerprint density at radius 3 is 2.76 bits per heavy atom. The van der Waals surface area contributed by atoms with Gasteiger partial charge in [-0.05, 0) is 32.9 Å². The lowest BCUT2D eigenvalue weighted by Gasteiger charge is -2.39. The minimum Gasteiger partial charge on any atom is -0.387 e. The summed E-state index contributed by atoms with van der Waals surface area (Å²) in [4.78, 5) is 6.53. The summed E-state index contributed by atoms with van der Waals surface area (Å²) in [7, 11) is 0. The third kappa shape index (κ3) is 2.96. The summed E-state index contributed by atoms with van der Waals surface area (Å²) in [6, 6.07) is 3.89. The highest BCUT2D eigenvalue weighted by molar-refractivity contribution is 5.45. The number of nitrogens with zero attached hydrogens (tertiary/aromatic N) is 2. The van der Waals surface area contributed by atoms with Crippen LogP contribution in [-0.2, 0) is 4.74 Å². The fourth-order valence-electron chi connectivity index (χ4n) is 2.07. The number of ether oxygens (including phenoxy) is 1. The number of anilines is 1. The molecule has 1 aromatic rings. The van der Waals surface area contributed by atoms with Crippen LogP contribution in [0.1, 0.15) is 32.6 Å². The van der Waals surface area contributed by atoms with E-state index in [0.717, 1.165) is 25.4 Å². The molecule has 1 aliphatic heterocycles. The van der Waals surface area contributed by atoms with Crippen molar-refractivity contribution in [3.63, 3.8) is 0 Å². The average molecular weight is 236 g/mol. The van der Waals surface area contributed by atoms with Crippen LogP contribution in [0.25, 0.3) is 0 Å². The highest BCUT2D eigenvalue weighted by atomic mass is 16.5. The zero-order valence-corrected chi connectivity index (χ0v) is 10.7. The number of aliphatic hydroxyl groups is 1. The number of rotatable bonds is 2. The van der Waals surface area contributed by atoms with E-state index in [1.165, 1.54) is 0 Å². The Morgan fingerprint density at radius 2 is 2.24 bits per heavy atom. The van der Waals surface area contributed by atoms with Crippen LogP contribution in [0, 0.1) is 0 Å². The normalized spacial score (nSPS) is 21.3. The Hall–Kier alpha value is -1.13. The lowest BCUT2D eigenvalue weighted by atomic mass is 10.1. The second-order valence-electron chi connectivity index (χ2n) is 5.15. The number of aromatic nitrogens is 1. The molecule has 4 nitrogen and oxygen atoms in total. The minimum atomic E-state index is -0.509. The predicted octanol–water partition coefficient (Wildman–Crippen LogP) is 1.75. The lowest BCUT2D eigenvalue weighted by Crippen LogP contribution is -2.48. The van der Waals surface area contributed by atoms with Crippen molar-refractivity contribution in [2.24, 2.45) is 0 Å². The molecule has 1 aromatic heterocycles. The first kappa shape index (κ1) is 12.3. The highest BCUT2D eigenvalue weighted by Gasteiger charge is 2.27. The van der Waals surface area contributed by atoms with Crippen LogP contribution in [0.5, 0.6) is 0 Å². The van der Waals surface area contributed by atoms with Gasteiger partial charge in [-0.3, -0.25) is 4.98 Å². The average Bonchev–Trinajstić information content (AvgIpc) is 2.28. The molecule has 0 saturated carbocycles. The van der Waals surface area contributed by atoms with Gasteiger partial charge in [-0.15, -0.1) is 0 Å². The molecule has 0 aliphatic carbocycles. The van der Waals surface area contributed by atoms with Gasteiger partial charge in [0.1, 0.15) is 0 Å². The van der Waals surface area contributed by atoms with Gasteiger partial charge in [0.15, 0.2) is 0 Å². The minimum absolute atomic E-state index is 0.110. The van der Waals surface area contributed by atoms with E-state index in [1.54, 1.807) is 6.92 Å². The molecule has 1 atom stereocenters. The molecule has 2 heterocycles. The monoisotopic (exact) mass is 236 g/mol. The van der Waals surface area contributed by atoms with Crippen LogP contribution >= 0.6 is 0 Å². The predicted molar refractivity (Wildman–Crippen MR) is 67.1 cm³/mol. The van der Waals surface area contributed by atoms with Gasteiger partial charge < -0.3 is 14.7 Å². The molecule has 2 rings (SSSR count). The van der Waals surface area contributed by atoms with E-state index in [2.05, 4.69) is 23.7 Å². The van der Waals surface area contributed by atoms with Crippen molar-refractivity contribution < 1.29 is 9.84 Å². The molecular weight excluding hydrogens is 216 g/mol. The molecule has 0 bridgehead atoms. The molecule has 4 heteroatoms. The fraction of sp³-hybridized carbons (Fsp3) is 0.615. The van der Waals surface area contributed by atoms with Crippen molar-refractivity contribution >= 4 is 5.69 Å². The van der Waals surface area contributed by atoms with Crippen molar-refractivity contribution in [1.29, 1.82) is 0 Å². The molecule has 0 radical (unpaired) electrons. The zero-order valence-electron chi connectivity index (χ0n) is 10.7. The Bertz CT molecular complexity index is 374. The molecule has 1 saturated heterocycles. The molecule has 1 fully saturated rings. The molecule has 94 valence electrons. The van der Waals surface area contributed by atoms with Crippen LogP contribution in [0.4, 0.5) is 5.69 Å². The summed E-state index contributed by atoms with van der Waals surface area (Å²) in [5.41, 5.74) is 1.69. The molecule has 0 spiro atoms. The van der Waals surface area contributed by atoms with E-state index in [9.17, 15) is 5.11 Å². The largest absolute Gasteiger partial charge is 0.387 e. The zero-order chi connectivity index (χ0) is 12.5. The first-order chi connectivity index (χ1) is 7.98. The standard InChI is InChI=1S/C13H20N2O2/c1-10(16)12-5-4-11(8-14-12)15-6-7-17-13(2,3)9-15/h4-5,8,10,16H,6-7,9H2,1-3H3. The van der Waals surface area contributed by atoms with Gasteiger partial charge in [0.2, 0.25) is 0 Å². The van der Waals surface area contributed by atoms with Crippen LogP contribution in [-0.4, -0.2) is 35.4 Å². The summed E-state index contributed by atoms with van der Waals surface area (Å²) >= 11 is 0. The number of morpholine rings is 1.